The van der Waals surface area contributed by atoms with Crippen LogP contribution in [0.2, 0.25) is 0 Å². The Hall–Kier alpha value is -1.16. The smallest absolute Gasteiger partial charge is 0.205 e. The molecule has 0 saturated carbocycles. The summed E-state index contributed by atoms with van der Waals surface area (Å²) in [4.78, 5) is 16.9. The van der Waals surface area contributed by atoms with Gasteiger partial charge >= 0.3 is 0 Å². The van der Waals surface area contributed by atoms with Gasteiger partial charge < -0.3 is 9.88 Å². The minimum atomic E-state index is -0.230. The molecule has 1 fully saturated rings. The van der Waals surface area contributed by atoms with Crippen LogP contribution in [0.15, 0.2) is 12.4 Å². The molecule has 1 aliphatic rings. The van der Waals surface area contributed by atoms with Crippen LogP contribution in [0.4, 0.5) is 0 Å². The van der Waals surface area contributed by atoms with Crippen molar-refractivity contribution in [3.8, 4) is 0 Å². The Bertz CT molecular complexity index is 386. The standard InChI is InChI=1S/C13H21N3O/c1-3-5-13(6-4-7-14-10-13)11(17)12-15-8-9-16(12)2/h8-9,14H,3-7,10H2,1-2H3. The number of hydrogen-bond acceptors (Lipinski definition) is 3. The number of hydrogen-bond donors (Lipinski definition) is 1. The zero-order valence-corrected chi connectivity index (χ0v) is 10.7. The van der Waals surface area contributed by atoms with Crippen LogP contribution in [0, 0.1) is 5.41 Å². The number of rotatable bonds is 4. The van der Waals surface area contributed by atoms with Crippen LogP contribution in [0.5, 0.6) is 0 Å². The predicted molar refractivity (Wildman–Crippen MR) is 67.0 cm³/mol. The molecule has 1 unspecified atom stereocenters. The number of carbonyl (C=O) groups is 1. The van der Waals surface area contributed by atoms with Crippen molar-refractivity contribution in [2.45, 2.75) is 32.6 Å². The number of Topliss-reactive ketones (excluding diaryl/α,β-unsaturated/α-hetero) is 1. The third-order valence-electron chi connectivity index (χ3n) is 3.71. The Balaban J connectivity index is 2.27. The number of nitrogens with zero attached hydrogens (tertiary/aromatic N) is 2. The van der Waals surface area contributed by atoms with E-state index in [1.54, 1.807) is 6.20 Å². The summed E-state index contributed by atoms with van der Waals surface area (Å²) in [6.45, 7) is 3.97. The number of aryl methyl sites for hydroxylation is 1. The monoisotopic (exact) mass is 235 g/mol. The molecule has 4 heteroatoms. The predicted octanol–water partition coefficient (Wildman–Crippen LogP) is 1.77. The molecule has 0 aliphatic carbocycles. The van der Waals surface area contributed by atoms with Gasteiger partial charge in [-0.05, 0) is 25.8 Å². The number of piperidine rings is 1. The summed E-state index contributed by atoms with van der Waals surface area (Å²) >= 11 is 0. The maximum absolute atomic E-state index is 12.7. The lowest BCUT2D eigenvalue weighted by Crippen LogP contribution is -2.46. The fraction of sp³-hybridized carbons (Fsp3) is 0.692. The molecule has 4 nitrogen and oxygen atoms in total. The van der Waals surface area contributed by atoms with Crippen molar-refractivity contribution in [1.29, 1.82) is 0 Å². The number of aromatic nitrogens is 2. The van der Waals surface area contributed by atoms with E-state index in [1.807, 2.05) is 17.8 Å². The van der Waals surface area contributed by atoms with Crippen molar-refractivity contribution in [3.63, 3.8) is 0 Å². The van der Waals surface area contributed by atoms with Gasteiger partial charge in [0.15, 0.2) is 5.82 Å². The SMILES string of the molecule is CCCC1(C(=O)c2nccn2C)CCCNC1. The van der Waals surface area contributed by atoms with Crippen LogP contribution in [-0.2, 0) is 7.05 Å². The lowest BCUT2D eigenvalue weighted by atomic mass is 9.73. The molecule has 0 radical (unpaired) electrons. The van der Waals surface area contributed by atoms with Crippen molar-refractivity contribution in [2.24, 2.45) is 12.5 Å². The number of carbonyl (C=O) groups excluding carboxylic acids is 1. The van der Waals surface area contributed by atoms with Gasteiger partial charge in [-0.15, -0.1) is 0 Å². The highest BCUT2D eigenvalue weighted by Gasteiger charge is 2.40. The second kappa shape index (κ2) is 5.00. The molecule has 0 aromatic carbocycles. The Morgan fingerprint density at radius 3 is 3.00 bits per heavy atom. The van der Waals surface area contributed by atoms with Crippen LogP contribution in [0.3, 0.4) is 0 Å². The van der Waals surface area contributed by atoms with Crippen molar-refractivity contribution in [1.82, 2.24) is 14.9 Å². The molecule has 17 heavy (non-hydrogen) atoms. The van der Waals surface area contributed by atoms with Crippen LogP contribution in [0.25, 0.3) is 0 Å². The van der Waals surface area contributed by atoms with Gasteiger partial charge in [-0.3, -0.25) is 4.79 Å². The van der Waals surface area contributed by atoms with E-state index >= 15 is 0 Å². The van der Waals surface area contributed by atoms with Gasteiger partial charge in [0.05, 0.1) is 0 Å². The van der Waals surface area contributed by atoms with Crippen LogP contribution < -0.4 is 5.32 Å². The quantitative estimate of drug-likeness (QED) is 0.809. The first-order valence-corrected chi connectivity index (χ1v) is 6.42. The van der Waals surface area contributed by atoms with Gasteiger partial charge in [-0.25, -0.2) is 4.98 Å². The third kappa shape index (κ3) is 2.27. The first kappa shape index (κ1) is 12.3. The molecule has 1 aliphatic heterocycles. The normalized spacial score (nSPS) is 24.8. The minimum absolute atomic E-state index is 0.207. The van der Waals surface area contributed by atoms with Crippen LogP contribution >= 0.6 is 0 Å². The highest BCUT2D eigenvalue weighted by Crippen LogP contribution is 2.34. The summed E-state index contributed by atoms with van der Waals surface area (Å²) in [6.07, 6.45) is 7.59. The largest absolute Gasteiger partial charge is 0.332 e. The molecule has 1 atom stereocenters. The van der Waals surface area contributed by atoms with E-state index in [9.17, 15) is 4.79 Å². The average Bonchev–Trinajstić information content (AvgIpc) is 2.76. The van der Waals surface area contributed by atoms with Gasteiger partial charge in [0.25, 0.3) is 0 Å². The Morgan fingerprint density at radius 2 is 2.47 bits per heavy atom. The number of nitrogens with one attached hydrogen (secondary N) is 1. The molecule has 1 saturated heterocycles. The summed E-state index contributed by atoms with van der Waals surface area (Å²) < 4.78 is 1.83. The van der Waals surface area contributed by atoms with Crippen LogP contribution in [-0.4, -0.2) is 28.4 Å². The first-order valence-electron chi connectivity index (χ1n) is 6.42. The Labute approximate surface area is 102 Å². The summed E-state index contributed by atoms with van der Waals surface area (Å²) in [7, 11) is 1.89. The van der Waals surface area contributed by atoms with Gasteiger partial charge in [0.2, 0.25) is 5.78 Å². The van der Waals surface area contributed by atoms with E-state index in [4.69, 9.17) is 0 Å². The maximum atomic E-state index is 12.7. The Morgan fingerprint density at radius 1 is 1.65 bits per heavy atom. The van der Waals surface area contributed by atoms with E-state index in [0.29, 0.717) is 5.82 Å². The molecule has 1 aromatic heterocycles. The average molecular weight is 235 g/mol. The molecule has 94 valence electrons. The van der Waals surface area contributed by atoms with E-state index in [0.717, 1.165) is 38.8 Å². The highest BCUT2D eigenvalue weighted by molar-refractivity contribution is 5.98. The topological polar surface area (TPSA) is 46.9 Å². The van der Waals surface area contributed by atoms with E-state index in [1.165, 1.54) is 0 Å². The zero-order chi connectivity index (χ0) is 12.3. The molecular formula is C13H21N3O. The van der Waals surface area contributed by atoms with E-state index in [-0.39, 0.29) is 11.2 Å². The molecule has 0 bridgehead atoms. The second-order valence-electron chi connectivity index (χ2n) is 5.00. The molecule has 2 rings (SSSR count). The fourth-order valence-corrected chi connectivity index (χ4v) is 2.79. The van der Waals surface area contributed by atoms with Crippen molar-refractivity contribution < 1.29 is 4.79 Å². The molecule has 2 heterocycles. The highest BCUT2D eigenvalue weighted by atomic mass is 16.1. The zero-order valence-electron chi connectivity index (χ0n) is 10.7. The molecule has 1 aromatic rings. The molecule has 1 N–H and O–H groups in total. The fourth-order valence-electron chi connectivity index (χ4n) is 2.79. The number of ketones is 1. The van der Waals surface area contributed by atoms with E-state index < -0.39 is 0 Å². The third-order valence-corrected chi connectivity index (χ3v) is 3.71. The van der Waals surface area contributed by atoms with Gasteiger partial charge in [0.1, 0.15) is 0 Å². The van der Waals surface area contributed by atoms with Crippen molar-refractivity contribution in [3.05, 3.63) is 18.2 Å². The van der Waals surface area contributed by atoms with Crippen LogP contribution in [0.1, 0.15) is 43.2 Å². The molecule has 0 amide bonds. The summed E-state index contributed by atoms with van der Waals surface area (Å²) in [5.74, 6) is 0.807. The molecule has 0 spiro atoms. The number of imidazole rings is 1. The molecular weight excluding hydrogens is 214 g/mol. The second-order valence-corrected chi connectivity index (χ2v) is 5.00. The maximum Gasteiger partial charge on any atom is 0.205 e. The summed E-state index contributed by atoms with van der Waals surface area (Å²) in [5, 5.41) is 3.36. The van der Waals surface area contributed by atoms with Gasteiger partial charge in [-0.2, -0.15) is 0 Å². The lowest BCUT2D eigenvalue weighted by Gasteiger charge is -2.35. The van der Waals surface area contributed by atoms with Gasteiger partial charge in [0, 0.05) is 31.4 Å². The van der Waals surface area contributed by atoms with Crippen molar-refractivity contribution in [2.75, 3.05) is 13.1 Å². The first-order chi connectivity index (χ1) is 8.19. The van der Waals surface area contributed by atoms with Gasteiger partial charge in [-0.1, -0.05) is 13.3 Å². The minimum Gasteiger partial charge on any atom is -0.332 e. The lowest BCUT2D eigenvalue weighted by molar-refractivity contribution is 0.0702. The van der Waals surface area contributed by atoms with E-state index in [2.05, 4.69) is 17.2 Å². The summed E-state index contributed by atoms with van der Waals surface area (Å²) in [6, 6.07) is 0. The Kier molecular flexibility index (Phi) is 3.62. The van der Waals surface area contributed by atoms with Crippen molar-refractivity contribution >= 4 is 5.78 Å². The summed E-state index contributed by atoms with van der Waals surface area (Å²) in [5.41, 5.74) is -0.230.